The Labute approximate surface area is 212 Å². The number of amidine groups is 1. The normalized spacial score (nSPS) is 11.9. The van der Waals surface area contributed by atoms with Gasteiger partial charge in [-0.05, 0) is 63.1 Å². The van der Waals surface area contributed by atoms with Crippen LogP contribution in [0.2, 0.25) is 0 Å². The number of hydrogen-bond donors (Lipinski definition) is 3. The van der Waals surface area contributed by atoms with Gasteiger partial charge < -0.3 is 25.3 Å². The Hall–Kier alpha value is -3.81. The summed E-state index contributed by atoms with van der Waals surface area (Å²) in [6.45, 7) is 10.6. The highest BCUT2D eigenvalue weighted by molar-refractivity contribution is 5.95. The largest absolute Gasteiger partial charge is 0.494 e. The molecule has 8 heteroatoms. The molecule has 0 aliphatic carbocycles. The lowest BCUT2D eigenvalue weighted by molar-refractivity contribution is 0.228. The third kappa shape index (κ3) is 7.10. The molecule has 2 aromatic carbocycles. The molecule has 0 aliphatic heterocycles. The molecule has 3 aromatic rings. The van der Waals surface area contributed by atoms with Crippen molar-refractivity contribution in [2.45, 2.75) is 46.8 Å². The van der Waals surface area contributed by atoms with Crippen molar-refractivity contribution in [2.24, 2.45) is 11.7 Å². The van der Waals surface area contributed by atoms with Crippen molar-refractivity contribution in [1.82, 2.24) is 4.98 Å². The summed E-state index contributed by atoms with van der Waals surface area (Å²) in [6, 6.07) is 15.0. The number of nitrogens with zero attached hydrogens (tertiary/aromatic N) is 1. The molecule has 4 N–H and O–H groups in total. The highest BCUT2D eigenvalue weighted by atomic mass is 19.1. The van der Waals surface area contributed by atoms with E-state index in [0.29, 0.717) is 53.3 Å². The SMILES string of the molecule is CCOc1cc(OC(C)C)c(F)c(C(Nc2ccc(C(=N)N)cc2)c2cccc(OCC(C)C)n2)c1. The van der Waals surface area contributed by atoms with Crippen LogP contribution in [-0.4, -0.2) is 30.1 Å². The maximum Gasteiger partial charge on any atom is 0.213 e. The number of nitrogen functional groups attached to an aromatic ring is 1. The highest BCUT2D eigenvalue weighted by Crippen LogP contribution is 2.36. The fourth-order valence-corrected chi connectivity index (χ4v) is 3.54. The van der Waals surface area contributed by atoms with Crippen LogP contribution in [0.3, 0.4) is 0 Å². The van der Waals surface area contributed by atoms with E-state index in [-0.39, 0.29) is 17.7 Å². The van der Waals surface area contributed by atoms with E-state index in [2.05, 4.69) is 24.1 Å². The summed E-state index contributed by atoms with van der Waals surface area (Å²) in [7, 11) is 0. The minimum atomic E-state index is -0.689. The van der Waals surface area contributed by atoms with Crippen LogP contribution in [0.1, 0.15) is 57.5 Å². The molecule has 0 bridgehead atoms. The summed E-state index contributed by atoms with van der Waals surface area (Å²) < 4.78 is 33.2. The molecule has 1 atom stereocenters. The van der Waals surface area contributed by atoms with E-state index in [0.717, 1.165) is 0 Å². The van der Waals surface area contributed by atoms with Crippen molar-refractivity contribution in [3.8, 4) is 17.4 Å². The van der Waals surface area contributed by atoms with E-state index in [1.807, 2.05) is 32.9 Å². The van der Waals surface area contributed by atoms with Gasteiger partial charge in [-0.1, -0.05) is 19.9 Å². The van der Waals surface area contributed by atoms with E-state index < -0.39 is 11.9 Å². The van der Waals surface area contributed by atoms with Crippen molar-refractivity contribution in [3.63, 3.8) is 0 Å². The van der Waals surface area contributed by atoms with Gasteiger partial charge in [0.2, 0.25) is 5.88 Å². The van der Waals surface area contributed by atoms with Crippen molar-refractivity contribution >= 4 is 11.5 Å². The molecule has 1 heterocycles. The van der Waals surface area contributed by atoms with E-state index in [1.165, 1.54) is 0 Å². The molecule has 0 fully saturated rings. The van der Waals surface area contributed by atoms with Crippen molar-refractivity contribution in [2.75, 3.05) is 18.5 Å². The first kappa shape index (κ1) is 26.8. The van der Waals surface area contributed by atoms with E-state index in [1.54, 1.807) is 42.5 Å². The van der Waals surface area contributed by atoms with Gasteiger partial charge in [0.05, 0.1) is 31.1 Å². The van der Waals surface area contributed by atoms with Crippen molar-refractivity contribution in [3.05, 3.63) is 77.2 Å². The molecular formula is C28H35FN4O3. The number of benzene rings is 2. The zero-order chi connectivity index (χ0) is 26.2. The van der Waals surface area contributed by atoms with Crippen LogP contribution in [0.25, 0.3) is 0 Å². The molecule has 36 heavy (non-hydrogen) atoms. The lowest BCUT2D eigenvalue weighted by atomic mass is 10.0. The molecule has 7 nitrogen and oxygen atoms in total. The van der Waals surface area contributed by atoms with Crippen LogP contribution in [0, 0.1) is 17.1 Å². The maximum absolute atomic E-state index is 15.9. The quantitative estimate of drug-likeness (QED) is 0.213. The van der Waals surface area contributed by atoms with Crippen LogP contribution in [0.15, 0.2) is 54.6 Å². The number of hydrogen-bond acceptors (Lipinski definition) is 6. The number of ether oxygens (including phenoxy) is 3. The number of rotatable bonds is 12. The molecule has 0 aliphatic rings. The zero-order valence-corrected chi connectivity index (χ0v) is 21.5. The van der Waals surface area contributed by atoms with Crippen molar-refractivity contribution in [1.29, 1.82) is 5.41 Å². The number of aromatic nitrogens is 1. The van der Waals surface area contributed by atoms with Gasteiger partial charge in [-0.2, -0.15) is 0 Å². The summed E-state index contributed by atoms with van der Waals surface area (Å²) >= 11 is 0. The van der Waals surface area contributed by atoms with Gasteiger partial charge in [0.1, 0.15) is 11.6 Å². The molecule has 192 valence electrons. The second kappa shape index (κ2) is 12.2. The molecule has 0 spiro atoms. The first-order valence-corrected chi connectivity index (χ1v) is 12.1. The molecule has 3 rings (SSSR count). The second-order valence-electron chi connectivity index (χ2n) is 9.10. The predicted octanol–water partition coefficient (Wildman–Crippen LogP) is 5.93. The Morgan fingerprint density at radius 3 is 2.39 bits per heavy atom. The average Bonchev–Trinajstić information content (AvgIpc) is 2.83. The lowest BCUT2D eigenvalue weighted by Gasteiger charge is -2.24. The lowest BCUT2D eigenvalue weighted by Crippen LogP contribution is -2.18. The summed E-state index contributed by atoms with van der Waals surface area (Å²) in [5, 5.41) is 11.0. The Morgan fingerprint density at radius 1 is 1.06 bits per heavy atom. The molecule has 0 amide bonds. The number of anilines is 1. The standard InChI is InChI=1S/C28H35FN4O3/c1-6-34-21-14-22(26(29)24(15-21)36-18(4)5)27(32-20-12-10-19(11-13-20)28(30)31)23-8-7-9-25(33-23)35-16-17(2)3/h7-15,17-18,27,32H,6,16H2,1-5H3,(H3,30,31). The smallest absolute Gasteiger partial charge is 0.213 e. The molecular weight excluding hydrogens is 459 g/mol. The third-order valence-corrected chi connectivity index (χ3v) is 5.14. The van der Waals surface area contributed by atoms with Crippen LogP contribution < -0.4 is 25.3 Å². The van der Waals surface area contributed by atoms with Crippen LogP contribution in [0.4, 0.5) is 10.1 Å². The van der Waals surface area contributed by atoms with Gasteiger partial charge >= 0.3 is 0 Å². The molecule has 1 unspecified atom stereocenters. The fourth-order valence-electron chi connectivity index (χ4n) is 3.54. The Morgan fingerprint density at radius 2 is 1.78 bits per heavy atom. The monoisotopic (exact) mass is 494 g/mol. The minimum Gasteiger partial charge on any atom is -0.494 e. The van der Waals surface area contributed by atoms with Gasteiger partial charge in [0.25, 0.3) is 0 Å². The molecule has 0 radical (unpaired) electrons. The van der Waals surface area contributed by atoms with Gasteiger partial charge in [0, 0.05) is 28.9 Å². The predicted molar refractivity (Wildman–Crippen MR) is 141 cm³/mol. The number of nitrogens with two attached hydrogens (primary N) is 1. The van der Waals surface area contributed by atoms with Gasteiger partial charge in [-0.25, -0.2) is 9.37 Å². The fraction of sp³-hybridized carbons (Fsp3) is 0.357. The highest BCUT2D eigenvalue weighted by Gasteiger charge is 2.25. The van der Waals surface area contributed by atoms with Crippen molar-refractivity contribution < 1.29 is 18.6 Å². The van der Waals surface area contributed by atoms with E-state index >= 15 is 4.39 Å². The first-order valence-electron chi connectivity index (χ1n) is 12.1. The molecule has 0 saturated heterocycles. The summed E-state index contributed by atoms with van der Waals surface area (Å²) in [6.07, 6.45) is -0.222. The number of halogens is 1. The minimum absolute atomic E-state index is 0.0271. The Kier molecular flexibility index (Phi) is 9.11. The van der Waals surface area contributed by atoms with Gasteiger partial charge in [0.15, 0.2) is 11.6 Å². The van der Waals surface area contributed by atoms with Gasteiger partial charge in [-0.3, -0.25) is 5.41 Å². The summed E-state index contributed by atoms with van der Waals surface area (Å²) in [4.78, 5) is 4.68. The average molecular weight is 495 g/mol. The first-order chi connectivity index (χ1) is 17.2. The van der Waals surface area contributed by atoms with Crippen LogP contribution in [0.5, 0.6) is 17.4 Å². The number of nitrogens with one attached hydrogen (secondary N) is 2. The van der Waals surface area contributed by atoms with Crippen LogP contribution in [-0.2, 0) is 0 Å². The number of pyridine rings is 1. The van der Waals surface area contributed by atoms with E-state index in [4.69, 9.17) is 25.4 Å². The zero-order valence-electron chi connectivity index (χ0n) is 21.5. The van der Waals surface area contributed by atoms with E-state index in [9.17, 15) is 0 Å². The molecule has 0 saturated carbocycles. The van der Waals surface area contributed by atoms with Gasteiger partial charge in [-0.15, -0.1) is 0 Å². The molecule has 1 aromatic heterocycles. The topological polar surface area (TPSA) is 102 Å². The van der Waals surface area contributed by atoms with Crippen LogP contribution >= 0.6 is 0 Å². The Balaban J connectivity index is 2.11. The second-order valence-corrected chi connectivity index (χ2v) is 9.10. The maximum atomic E-state index is 15.9. The third-order valence-electron chi connectivity index (χ3n) is 5.14. The summed E-state index contributed by atoms with van der Waals surface area (Å²) in [5.74, 6) is 0.869. The Bertz CT molecular complexity index is 1170. The summed E-state index contributed by atoms with van der Waals surface area (Å²) in [5.41, 5.74) is 7.78.